The highest BCUT2D eigenvalue weighted by Crippen LogP contribution is 2.29. The lowest BCUT2D eigenvalue weighted by molar-refractivity contribution is -0.128. The maximum atomic E-state index is 12.1. The third-order valence-corrected chi connectivity index (χ3v) is 4.10. The predicted octanol–water partition coefficient (Wildman–Crippen LogP) is 1.05. The third kappa shape index (κ3) is 3.19. The monoisotopic (exact) mass is 240 g/mol. The van der Waals surface area contributed by atoms with E-state index >= 15 is 0 Å². The Kier molecular flexibility index (Phi) is 4.40. The van der Waals surface area contributed by atoms with Crippen LogP contribution in [0.15, 0.2) is 0 Å². The van der Waals surface area contributed by atoms with Gasteiger partial charge in [-0.2, -0.15) is 0 Å². The predicted molar refractivity (Wildman–Crippen MR) is 66.5 cm³/mol. The van der Waals surface area contributed by atoms with Crippen LogP contribution in [-0.2, 0) is 9.53 Å². The number of ether oxygens (including phenoxy) is 1. The molecular weight excluding hydrogens is 216 g/mol. The Bertz CT molecular complexity index is 254. The molecule has 17 heavy (non-hydrogen) atoms. The number of carbonyl (C=O) groups excluding carboxylic acids is 1. The summed E-state index contributed by atoms with van der Waals surface area (Å²) in [4.78, 5) is 12.1. The van der Waals surface area contributed by atoms with Crippen molar-refractivity contribution >= 4 is 5.91 Å². The van der Waals surface area contributed by atoms with Crippen molar-refractivity contribution in [1.82, 2.24) is 5.32 Å². The van der Waals surface area contributed by atoms with E-state index in [1.807, 2.05) is 0 Å². The molecule has 0 aromatic carbocycles. The third-order valence-electron chi connectivity index (χ3n) is 4.10. The fraction of sp³-hybridized carbons (Fsp3) is 0.923. The lowest BCUT2D eigenvalue weighted by Crippen LogP contribution is -2.48. The van der Waals surface area contributed by atoms with Crippen molar-refractivity contribution in [3.05, 3.63) is 0 Å². The zero-order chi connectivity index (χ0) is 12.3. The normalized spacial score (nSPS) is 38.0. The first-order chi connectivity index (χ1) is 8.18. The number of nitrogens with one attached hydrogen (secondary N) is 1. The fourth-order valence-corrected chi connectivity index (χ4v) is 3.05. The Morgan fingerprint density at radius 2 is 2.18 bits per heavy atom. The Hall–Kier alpha value is -0.610. The van der Waals surface area contributed by atoms with E-state index < -0.39 is 0 Å². The Morgan fingerprint density at radius 1 is 1.35 bits per heavy atom. The van der Waals surface area contributed by atoms with E-state index in [9.17, 15) is 4.79 Å². The van der Waals surface area contributed by atoms with Crippen LogP contribution in [0, 0.1) is 11.8 Å². The van der Waals surface area contributed by atoms with Crippen molar-refractivity contribution in [2.45, 2.75) is 51.2 Å². The Morgan fingerprint density at radius 3 is 2.82 bits per heavy atom. The first-order valence-electron chi connectivity index (χ1n) is 6.83. The van der Waals surface area contributed by atoms with Gasteiger partial charge in [0.1, 0.15) is 0 Å². The minimum absolute atomic E-state index is 0.00912. The lowest BCUT2D eigenvalue weighted by atomic mass is 9.76. The van der Waals surface area contributed by atoms with Gasteiger partial charge < -0.3 is 15.8 Å². The number of hydrogen-bond donors (Lipinski definition) is 2. The number of amides is 1. The molecule has 1 saturated carbocycles. The summed E-state index contributed by atoms with van der Waals surface area (Å²) in [5, 5.41) is 3.01. The van der Waals surface area contributed by atoms with Gasteiger partial charge in [0.2, 0.25) is 5.91 Å². The maximum absolute atomic E-state index is 12.1. The van der Waals surface area contributed by atoms with Gasteiger partial charge in [-0.05, 0) is 31.6 Å². The van der Waals surface area contributed by atoms with E-state index in [4.69, 9.17) is 10.5 Å². The quantitative estimate of drug-likeness (QED) is 0.775. The molecule has 98 valence electrons. The molecule has 1 aliphatic carbocycles. The maximum Gasteiger partial charge on any atom is 0.225 e. The SMILES string of the molecule is CC1CCCC(N)C1C(=O)NCC1CCCO1. The smallest absolute Gasteiger partial charge is 0.225 e. The van der Waals surface area contributed by atoms with E-state index in [1.165, 1.54) is 0 Å². The van der Waals surface area contributed by atoms with Crippen LogP contribution in [0.4, 0.5) is 0 Å². The van der Waals surface area contributed by atoms with Crippen LogP contribution in [0.5, 0.6) is 0 Å². The summed E-state index contributed by atoms with van der Waals surface area (Å²) >= 11 is 0. The molecule has 3 N–H and O–H groups in total. The van der Waals surface area contributed by atoms with Gasteiger partial charge in [0.25, 0.3) is 0 Å². The van der Waals surface area contributed by atoms with Crippen molar-refractivity contribution in [3.8, 4) is 0 Å². The molecule has 0 aromatic rings. The highest BCUT2D eigenvalue weighted by molar-refractivity contribution is 5.79. The minimum Gasteiger partial charge on any atom is -0.376 e. The molecule has 4 nitrogen and oxygen atoms in total. The van der Waals surface area contributed by atoms with Crippen LogP contribution in [0.3, 0.4) is 0 Å². The average molecular weight is 240 g/mol. The van der Waals surface area contributed by atoms with E-state index in [2.05, 4.69) is 12.2 Å². The van der Waals surface area contributed by atoms with E-state index in [0.717, 1.165) is 38.7 Å². The summed E-state index contributed by atoms with van der Waals surface area (Å²) in [5.41, 5.74) is 6.06. The van der Waals surface area contributed by atoms with Gasteiger partial charge in [0.15, 0.2) is 0 Å². The second-order valence-electron chi connectivity index (χ2n) is 5.48. The van der Waals surface area contributed by atoms with Gasteiger partial charge >= 0.3 is 0 Å². The number of hydrogen-bond acceptors (Lipinski definition) is 3. The summed E-state index contributed by atoms with van der Waals surface area (Å²) in [7, 11) is 0. The molecule has 2 rings (SSSR count). The van der Waals surface area contributed by atoms with Gasteiger partial charge in [-0.1, -0.05) is 13.3 Å². The van der Waals surface area contributed by atoms with E-state index in [-0.39, 0.29) is 24.0 Å². The van der Waals surface area contributed by atoms with Gasteiger partial charge in [0, 0.05) is 19.2 Å². The van der Waals surface area contributed by atoms with Gasteiger partial charge in [-0.15, -0.1) is 0 Å². The molecule has 2 fully saturated rings. The molecule has 0 aromatic heterocycles. The van der Waals surface area contributed by atoms with Gasteiger partial charge in [-0.25, -0.2) is 0 Å². The molecule has 1 amide bonds. The lowest BCUT2D eigenvalue weighted by Gasteiger charge is -2.33. The van der Waals surface area contributed by atoms with Crippen molar-refractivity contribution < 1.29 is 9.53 Å². The van der Waals surface area contributed by atoms with Crippen molar-refractivity contribution in [2.24, 2.45) is 17.6 Å². The topological polar surface area (TPSA) is 64.4 Å². The highest BCUT2D eigenvalue weighted by Gasteiger charge is 2.34. The minimum atomic E-state index is -0.00912. The molecule has 4 heteroatoms. The zero-order valence-corrected chi connectivity index (χ0v) is 10.7. The number of carbonyl (C=O) groups is 1. The van der Waals surface area contributed by atoms with Crippen LogP contribution < -0.4 is 11.1 Å². The first-order valence-corrected chi connectivity index (χ1v) is 6.83. The summed E-state index contributed by atoms with van der Waals surface area (Å²) in [6.45, 7) is 3.62. The molecule has 0 radical (unpaired) electrons. The van der Waals surface area contributed by atoms with Crippen LogP contribution in [-0.4, -0.2) is 31.2 Å². The van der Waals surface area contributed by atoms with Crippen LogP contribution >= 0.6 is 0 Å². The average Bonchev–Trinajstić information content (AvgIpc) is 2.79. The second-order valence-corrected chi connectivity index (χ2v) is 5.48. The Balaban J connectivity index is 1.80. The number of nitrogens with two attached hydrogens (primary N) is 1. The summed E-state index contributed by atoms with van der Waals surface area (Å²) in [6.07, 6.45) is 5.63. The Labute approximate surface area is 103 Å². The molecule has 0 bridgehead atoms. The standard InChI is InChI=1S/C13H24N2O2/c1-9-4-2-6-11(14)12(9)13(16)15-8-10-5-3-7-17-10/h9-12H,2-8,14H2,1H3,(H,15,16). The van der Waals surface area contributed by atoms with Crippen molar-refractivity contribution in [2.75, 3.05) is 13.2 Å². The number of rotatable bonds is 3. The zero-order valence-electron chi connectivity index (χ0n) is 10.7. The highest BCUT2D eigenvalue weighted by atomic mass is 16.5. The van der Waals surface area contributed by atoms with Crippen molar-refractivity contribution in [1.29, 1.82) is 0 Å². The fourth-order valence-electron chi connectivity index (χ4n) is 3.05. The summed E-state index contributed by atoms with van der Waals surface area (Å²) in [5.74, 6) is 0.522. The van der Waals surface area contributed by atoms with Crippen molar-refractivity contribution in [3.63, 3.8) is 0 Å². The molecule has 1 aliphatic heterocycles. The molecule has 4 unspecified atom stereocenters. The summed E-state index contributed by atoms with van der Waals surface area (Å²) in [6, 6.07) is 0.0308. The summed E-state index contributed by atoms with van der Waals surface area (Å²) < 4.78 is 5.50. The van der Waals surface area contributed by atoms with E-state index in [1.54, 1.807) is 0 Å². The molecule has 4 atom stereocenters. The molecule has 0 spiro atoms. The first kappa shape index (κ1) is 12.8. The second kappa shape index (κ2) is 5.83. The van der Waals surface area contributed by atoms with E-state index in [0.29, 0.717) is 12.5 Å². The molecule has 1 saturated heterocycles. The van der Waals surface area contributed by atoms with Crippen LogP contribution in [0.1, 0.15) is 39.0 Å². The van der Waals surface area contributed by atoms with Gasteiger partial charge in [0.05, 0.1) is 12.0 Å². The molecule has 1 heterocycles. The molecular formula is C13H24N2O2. The van der Waals surface area contributed by atoms with Crippen LogP contribution in [0.2, 0.25) is 0 Å². The van der Waals surface area contributed by atoms with Crippen LogP contribution in [0.25, 0.3) is 0 Å². The van der Waals surface area contributed by atoms with Gasteiger partial charge in [-0.3, -0.25) is 4.79 Å². The largest absolute Gasteiger partial charge is 0.376 e. The molecule has 2 aliphatic rings.